The normalized spacial score (nSPS) is 20.7. The van der Waals surface area contributed by atoms with E-state index in [1.165, 1.54) is 30.2 Å². The van der Waals surface area contributed by atoms with Crippen molar-refractivity contribution < 1.29 is 24.4 Å². The van der Waals surface area contributed by atoms with E-state index in [0.717, 1.165) is 0 Å². The van der Waals surface area contributed by atoms with Crippen LogP contribution in [0.5, 0.6) is 5.75 Å². The van der Waals surface area contributed by atoms with Crippen molar-refractivity contribution in [1.29, 1.82) is 0 Å². The first-order valence-corrected chi connectivity index (χ1v) is 6.69. The third-order valence-corrected chi connectivity index (χ3v) is 3.85. The fraction of sp³-hybridized carbons (Fsp3) is 0.429. The Morgan fingerprint density at radius 2 is 2.09 bits per heavy atom. The van der Waals surface area contributed by atoms with Gasteiger partial charge in [0, 0.05) is 19.2 Å². The Labute approximate surface area is 126 Å². The van der Waals surface area contributed by atoms with Gasteiger partial charge in [0.1, 0.15) is 11.3 Å². The van der Waals surface area contributed by atoms with Crippen LogP contribution in [-0.4, -0.2) is 47.0 Å². The number of ether oxygens (including phenoxy) is 1. The molecule has 0 aliphatic carbocycles. The number of hydrogen-bond donors (Lipinski definition) is 1. The van der Waals surface area contributed by atoms with E-state index in [1.54, 1.807) is 6.92 Å². The van der Waals surface area contributed by atoms with E-state index in [1.807, 2.05) is 0 Å². The van der Waals surface area contributed by atoms with Crippen LogP contribution in [0.3, 0.4) is 0 Å². The van der Waals surface area contributed by atoms with Crippen molar-refractivity contribution >= 4 is 17.6 Å². The molecule has 0 aromatic heterocycles. The first kappa shape index (κ1) is 15.7. The van der Waals surface area contributed by atoms with Crippen LogP contribution in [0, 0.1) is 22.0 Å². The van der Waals surface area contributed by atoms with Crippen molar-refractivity contribution in [2.75, 3.05) is 20.2 Å². The Kier molecular flexibility index (Phi) is 4.30. The van der Waals surface area contributed by atoms with E-state index in [4.69, 9.17) is 9.84 Å². The summed E-state index contributed by atoms with van der Waals surface area (Å²) in [5, 5.41) is 20.2. The number of carbonyl (C=O) groups is 2. The number of hydrogen-bond acceptors (Lipinski definition) is 5. The molecule has 2 atom stereocenters. The van der Waals surface area contributed by atoms with Gasteiger partial charge in [0.25, 0.3) is 11.6 Å². The highest BCUT2D eigenvalue weighted by atomic mass is 16.6. The number of amides is 1. The van der Waals surface area contributed by atoms with Gasteiger partial charge in [-0.05, 0) is 18.1 Å². The lowest BCUT2D eigenvalue weighted by Gasteiger charge is -2.16. The summed E-state index contributed by atoms with van der Waals surface area (Å²) in [6.07, 6.45) is 0. The van der Waals surface area contributed by atoms with Gasteiger partial charge in [-0.15, -0.1) is 0 Å². The maximum atomic E-state index is 12.5. The Bertz CT molecular complexity index is 630. The van der Waals surface area contributed by atoms with Gasteiger partial charge in [-0.3, -0.25) is 19.7 Å². The largest absolute Gasteiger partial charge is 0.497 e. The van der Waals surface area contributed by atoms with Gasteiger partial charge in [0.2, 0.25) is 0 Å². The molecule has 1 aliphatic heterocycles. The molecule has 1 amide bonds. The molecule has 0 saturated carbocycles. The Morgan fingerprint density at radius 3 is 2.59 bits per heavy atom. The number of carboxylic acid groups (broad SMARTS) is 1. The lowest BCUT2D eigenvalue weighted by atomic mass is 9.99. The third kappa shape index (κ3) is 2.85. The maximum absolute atomic E-state index is 12.5. The van der Waals surface area contributed by atoms with Gasteiger partial charge in [-0.1, -0.05) is 6.92 Å². The smallest absolute Gasteiger partial charge is 0.308 e. The number of methoxy groups -OCH3 is 1. The molecule has 1 saturated heterocycles. The third-order valence-electron chi connectivity index (χ3n) is 3.85. The average Bonchev–Trinajstić information content (AvgIpc) is 2.87. The molecule has 0 spiro atoms. The summed E-state index contributed by atoms with van der Waals surface area (Å²) in [6.45, 7) is 2.04. The van der Waals surface area contributed by atoms with E-state index >= 15 is 0 Å². The predicted molar refractivity (Wildman–Crippen MR) is 75.8 cm³/mol. The first-order valence-electron chi connectivity index (χ1n) is 6.69. The minimum Gasteiger partial charge on any atom is -0.497 e. The molecule has 22 heavy (non-hydrogen) atoms. The molecular formula is C14H16N2O6. The minimum atomic E-state index is -0.969. The van der Waals surface area contributed by atoms with Crippen molar-refractivity contribution in [2.24, 2.45) is 11.8 Å². The zero-order chi connectivity index (χ0) is 16.4. The predicted octanol–water partition coefficient (Wildman–Crippen LogP) is 1.40. The zero-order valence-electron chi connectivity index (χ0n) is 12.2. The van der Waals surface area contributed by atoms with Crippen LogP contribution < -0.4 is 4.74 Å². The fourth-order valence-electron chi connectivity index (χ4n) is 2.60. The van der Waals surface area contributed by atoms with Crippen molar-refractivity contribution in [1.82, 2.24) is 4.90 Å². The number of nitro groups is 1. The standard InChI is InChI=1S/C14H16N2O6/c1-8-6-15(7-11(8)14(18)19)13(17)10-5-9(22-2)3-4-12(10)16(20)21/h3-5,8,11H,6-7H2,1-2H3,(H,18,19)/t8-,11-/m1/s1. The molecule has 0 bridgehead atoms. The molecule has 1 heterocycles. The van der Waals surface area contributed by atoms with E-state index in [0.29, 0.717) is 5.75 Å². The lowest BCUT2D eigenvalue weighted by molar-refractivity contribution is -0.385. The molecule has 0 radical (unpaired) electrons. The van der Waals surface area contributed by atoms with Gasteiger partial charge >= 0.3 is 5.97 Å². The summed E-state index contributed by atoms with van der Waals surface area (Å²) in [5.74, 6) is -2.06. The summed E-state index contributed by atoms with van der Waals surface area (Å²) < 4.78 is 5.00. The molecule has 2 rings (SSSR count). The van der Waals surface area contributed by atoms with Crippen molar-refractivity contribution in [3.8, 4) is 5.75 Å². The second kappa shape index (κ2) is 6.00. The van der Waals surface area contributed by atoms with E-state index in [-0.39, 0.29) is 30.3 Å². The fourth-order valence-corrected chi connectivity index (χ4v) is 2.60. The summed E-state index contributed by atoms with van der Waals surface area (Å²) in [4.78, 5) is 35.4. The van der Waals surface area contributed by atoms with Crippen molar-refractivity contribution in [2.45, 2.75) is 6.92 Å². The molecule has 1 aromatic rings. The molecule has 1 aliphatic rings. The number of nitro benzene ring substituents is 1. The molecule has 118 valence electrons. The molecular weight excluding hydrogens is 292 g/mol. The van der Waals surface area contributed by atoms with Gasteiger partial charge < -0.3 is 14.7 Å². The van der Waals surface area contributed by atoms with Gasteiger partial charge in [0.05, 0.1) is 18.0 Å². The highest BCUT2D eigenvalue weighted by Crippen LogP contribution is 2.29. The lowest BCUT2D eigenvalue weighted by Crippen LogP contribution is -2.30. The topological polar surface area (TPSA) is 110 Å². The second-order valence-corrected chi connectivity index (χ2v) is 5.27. The van der Waals surface area contributed by atoms with Crippen LogP contribution in [0.25, 0.3) is 0 Å². The van der Waals surface area contributed by atoms with Crippen molar-refractivity contribution in [3.05, 3.63) is 33.9 Å². The molecule has 1 fully saturated rings. The Morgan fingerprint density at radius 1 is 1.41 bits per heavy atom. The number of nitrogens with zero attached hydrogens (tertiary/aromatic N) is 2. The summed E-state index contributed by atoms with van der Waals surface area (Å²) in [7, 11) is 1.40. The molecule has 0 unspecified atom stereocenters. The molecule has 1 aromatic carbocycles. The number of benzene rings is 1. The Hall–Kier alpha value is -2.64. The molecule has 1 N–H and O–H groups in total. The highest BCUT2D eigenvalue weighted by Gasteiger charge is 2.38. The highest BCUT2D eigenvalue weighted by molar-refractivity contribution is 5.99. The summed E-state index contributed by atoms with van der Waals surface area (Å²) >= 11 is 0. The van der Waals surface area contributed by atoms with E-state index < -0.39 is 22.7 Å². The second-order valence-electron chi connectivity index (χ2n) is 5.27. The quantitative estimate of drug-likeness (QED) is 0.665. The van der Waals surface area contributed by atoms with Crippen LogP contribution in [0.1, 0.15) is 17.3 Å². The SMILES string of the molecule is COc1ccc([N+](=O)[O-])c(C(=O)N2C[C@@H](C)[C@H](C(=O)O)C2)c1. The van der Waals surface area contributed by atoms with E-state index in [9.17, 15) is 19.7 Å². The number of likely N-dealkylation sites (tertiary alicyclic amines) is 1. The summed E-state index contributed by atoms with van der Waals surface area (Å²) in [5.41, 5.74) is -0.417. The number of rotatable bonds is 4. The number of carboxylic acids is 1. The minimum absolute atomic E-state index is 0.0453. The van der Waals surface area contributed by atoms with Gasteiger partial charge in [-0.25, -0.2) is 0 Å². The van der Waals surface area contributed by atoms with Crippen molar-refractivity contribution in [3.63, 3.8) is 0 Å². The van der Waals surface area contributed by atoms with Crippen LogP contribution in [-0.2, 0) is 4.79 Å². The maximum Gasteiger partial charge on any atom is 0.308 e. The molecule has 8 heteroatoms. The first-order chi connectivity index (χ1) is 10.3. The van der Waals surface area contributed by atoms with Crippen LogP contribution in [0.15, 0.2) is 18.2 Å². The Balaban J connectivity index is 2.33. The monoisotopic (exact) mass is 308 g/mol. The zero-order valence-corrected chi connectivity index (χ0v) is 12.2. The van der Waals surface area contributed by atoms with Crippen LogP contribution in [0.4, 0.5) is 5.69 Å². The average molecular weight is 308 g/mol. The van der Waals surface area contributed by atoms with E-state index in [2.05, 4.69) is 0 Å². The number of aliphatic carboxylic acids is 1. The molecule has 8 nitrogen and oxygen atoms in total. The van der Waals surface area contributed by atoms with Crippen LogP contribution in [0.2, 0.25) is 0 Å². The summed E-state index contributed by atoms with van der Waals surface area (Å²) in [6, 6.07) is 3.92. The van der Waals surface area contributed by atoms with Crippen LogP contribution >= 0.6 is 0 Å². The van der Waals surface area contributed by atoms with Gasteiger partial charge in [-0.2, -0.15) is 0 Å². The van der Waals surface area contributed by atoms with Gasteiger partial charge in [0.15, 0.2) is 0 Å². The number of carbonyl (C=O) groups excluding carboxylic acids is 1.